The number of carbonyl (C=O) groups excluding carboxylic acids is 1. The summed E-state index contributed by atoms with van der Waals surface area (Å²) in [6.45, 7) is 2.81. The molecule has 0 N–H and O–H groups in total. The van der Waals surface area contributed by atoms with Gasteiger partial charge in [-0.25, -0.2) is 4.98 Å². The van der Waals surface area contributed by atoms with Crippen LogP contribution in [0, 0.1) is 11.3 Å². The number of ether oxygens (including phenoxy) is 1. The Bertz CT molecular complexity index is 854. The monoisotopic (exact) mass is 378 g/mol. The molecule has 1 fully saturated rings. The first kappa shape index (κ1) is 20.0. The number of carbonyl (C=O) groups is 1. The molecule has 2 heterocycles. The predicted molar refractivity (Wildman–Crippen MR) is 108 cm³/mol. The molecule has 0 radical (unpaired) electrons. The van der Waals surface area contributed by atoms with Gasteiger partial charge in [-0.05, 0) is 56.8 Å². The van der Waals surface area contributed by atoms with Gasteiger partial charge in [-0.1, -0.05) is 12.1 Å². The summed E-state index contributed by atoms with van der Waals surface area (Å²) in [4.78, 5) is 21.3. The van der Waals surface area contributed by atoms with E-state index >= 15 is 0 Å². The molecule has 146 valence electrons. The van der Waals surface area contributed by atoms with Crippen molar-refractivity contribution in [3.05, 3.63) is 53.9 Å². The Hall–Kier alpha value is -2.75. The molecular weight excluding hydrogens is 352 g/mol. The van der Waals surface area contributed by atoms with E-state index in [0.29, 0.717) is 24.3 Å². The zero-order chi connectivity index (χ0) is 19.9. The fraction of sp³-hybridized carbons (Fsp3) is 0.409. The van der Waals surface area contributed by atoms with E-state index in [0.717, 1.165) is 37.1 Å². The lowest BCUT2D eigenvalue weighted by atomic mass is 10.0. The molecule has 28 heavy (non-hydrogen) atoms. The number of hydrogen-bond acceptors (Lipinski definition) is 5. The Morgan fingerprint density at radius 3 is 2.86 bits per heavy atom. The topological polar surface area (TPSA) is 69.5 Å². The lowest BCUT2D eigenvalue weighted by molar-refractivity contribution is 0.0512. The van der Waals surface area contributed by atoms with Crippen molar-refractivity contribution in [1.29, 1.82) is 5.26 Å². The maximum Gasteiger partial charge on any atom is 0.254 e. The van der Waals surface area contributed by atoms with Crippen molar-refractivity contribution in [2.45, 2.75) is 18.9 Å². The van der Waals surface area contributed by atoms with Gasteiger partial charge in [0.25, 0.3) is 5.91 Å². The fourth-order valence-corrected chi connectivity index (χ4v) is 3.36. The van der Waals surface area contributed by atoms with Crippen LogP contribution < -0.4 is 0 Å². The van der Waals surface area contributed by atoms with Gasteiger partial charge in [-0.15, -0.1) is 0 Å². The van der Waals surface area contributed by atoms with Crippen LogP contribution in [0.15, 0.2) is 42.6 Å². The van der Waals surface area contributed by atoms with Gasteiger partial charge in [0.15, 0.2) is 0 Å². The maximum atomic E-state index is 13.3. The zero-order valence-electron chi connectivity index (χ0n) is 16.5. The first-order chi connectivity index (χ1) is 13.6. The zero-order valence-corrected chi connectivity index (χ0v) is 16.5. The largest absolute Gasteiger partial charge is 0.376 e. The number of nitriles is 1. The third kappa shape index (κ3) is 4.94. The van der Waals surface area contributed by atoms with E-state index in [9.17, 15) is 10.1 Å². The molecule has 0 unspecified atom stereocenters. The smallest absolute Gasteiger partial charge is 0.254 e. The molecule has 6 heteroatoms. The van der Waals surface area contributed by atoms with Gasteiger partial charge >= 0.3 is 0 Å². The van der Waals surface area contributed by atoms with Gasteiger partial charge in [-0.2, -0.15) is 5.26 Å². The van der Waals surface area contributed by atoms with Crippen LogP contribution in [0.1, 0.15) is 28.9 Å². The molecule has 0 aliphatic carbocycles. The van der Waals surface area contributed by atoms with Gasteiger partial charge in [0.2, 0.25) is 0 Å². The van der Waals surface area contributed by atoms with Crippen LogP contribution in [0.2, 0.25) is 0 Å². The molecule has 1 saturated heterocycles. The number of aromatic nitrogens is 1. The van der Waals surface area contributed by atoms with Crippen molar-refractivity contribution in [3.63, 3.8) is 0 Å². The van der Waals surface area contributed by atoms with E-state index in [1.54, 1.807) is 12.3 Å². The summed E-state index contributed by atoms with van der Waals surface area (Å²) in [5.41, 5.74) is 2.52. The summed E-state index contributed by atoms with van der Waals surface area (Å²) in [7, 11) is 4.00. The second-order valence-corrected chi connectivity index (χ2v) is 7.28. The van der Waals surface area contributed by atoms with Gasteiger partial charge in [0.05, 0.1) is 6.10 Å². The standard InChI is InChI=1S/C22H26N4O2/c1-25(2)11-12-26(16-19-8-5-13-28-19)22(27)18-7-3-6-17(14-18)20-9-4-10-24-21(20)15-23/h3-4,6-7,9-10,14,19H,5,8,11-13,16H2,1-2H3/t19-/m0/s1. The number of hydrogen-bond donors (Lipinski definition) is 0. The molecule has 3 rings (SSSR count). The van der Waals surface area contributed by atoms with E-state index in [-0.39, 0.29) is 12.0 Å². The Balaban J connectivity index is 1.84. The molecule has 6 nitrogen and oxygen atoms in total. The molecule has 0 spiro atoms. The summed E-state index contributed by atoms with van der Waals surface area (Å²) in [6, 6.07) is 13.2. The highest BCUT2D eigenvalue weighted by molar-refractivity contribution is 5.95. The highest BCUT2D eigenvalue weighted by atomic mass is 16.5. The Morgan fingerprint density at radius 2 is 2.14 bits per heavy atom. The molecule has 0 bridgehead atoms. The fourth-order valence-electron chi connectivity index (χ4n) is 3.36. The summed E-state index contributed by atoms with van der Waals surface area (Å²) >= 11 is 0. The van der Waals surface area contributed by atoms with Gasteiger partial charge in [0, 0.05) is 43.6 Å². The first-order valence-corrected chi connectivity index (χ1v) is 9.59. The van der Waals surface area contributed by atoms with Crippen LogP contribution in [0.5, 0.6) is 0 Å². The predicted octanol–water partition coefficient (Wildman–Crippen LogP) is 2.80. The number of rotatable bonds is 7. The van der Waals surface area contributed by atoms with E-state index in [1.165, 1.54) is 0 Å². The van der Waals surface area contributed by atoms with E-state index < -0.39 is 0 Å². The number of pyridine rings is 1. The molecule has 1 atom stereocenters. The average Bonchev–Trinajstić information content (AvgIpc) is 3.23. The lowest BCUT2D eigenvalue weighted by Crippen LogP contribution is -2.41. The number of benzene rings is 1. The number of likely N-dealkylation sites (N-methyl/N-ethyl adjacent to an activating group) is 1. The van der Waals surface area contributed by atoms with Crippen molar-refractivity contribution in [2.75, 3.05) is 40.3 Å². The summed E-state index contributed by atoms with van der Waals surface area (Å²) in [5.74, 6) is -0.0124. The highest BCUT2D eigenvalue weighted by Crippen LogP contribution is 2.24. The third-order valence-corrected chi connectivity index (χ3v) is 4.89. The molecule has 0 saturated carbocycles. The summed E-state index contributed by atoms with van der Waals surface area (Å²) in [5, 5.41) is 9.32. The second kappa shape index (κ2) is 9.45. The van der Waals surface area contributed by atoms with Crippen LogP contribution in [-0.2, 0) is 4.74 Å². The normalized spacial score (nSPS) is 16.1. The molecule has 1 aromatic heterocycles. The minimum absolute atomic E-state index is 0.0124. The Morgan fingerprint density at radius 1 is 1.29 bits per heavy atom. The van der Waals surface area contributed by atoms with E-state index in [1.807, 2.05) is 49.3 Å². The van der Waals surface area contributed by atoms with Gasteiger partial charge in [0.1, 0.15) is 11.8 Å². The molecule has 1 amide bonds. The molecular formula is C22H26N4O2. The quantitative estimate of drug-likeness (QED) is 0.741. The average molecular weight is 378 g/mol. The number of amides is 1. The van der Waals surface area contributed by atoms with Crippen LogP contribution in [0.4, 0.5) is 0 Å². The van der Waals surface area contributed by atoms with Gasteiger partial charge in [-0.3, -0.25) is 4.79 Å². The SMILES string of the molecule is CN(C)CCN(C[C@@H]1CCCO1)C(=O)c1cccc(-c2cccnc2C#N)c1. The minimum Gasteiger partial charge on any atom is -0.376 e. The Kier molecular flexibility index (Phi) is 6.75. The Labute approximate surface area is 166 Å². The van der Waals surface area contributed by atoms with E-state index in [2.05, 4.69) is 16.0 Å². The van der Waals surface area contributed by atoms with Crippen molar-refractivity contribution in [2.24, 2.45) is 0 Å². The minimum atomic E-state index is -0.0124. The summed E-state index contributed by atoms with van der Waals surface area (Å²) in [6.07, 6.45) is 3.75. The van der Waals surface area contributed by atoms with E-state index in [4.69, 9.17) is 4.74 Å². The van der Waals surface area contributed by atoms with Crippen LogP contribution in [0.25, 0.3) is 11.1 Å². The van der Waals surface area contributed by atoms with Crippen molar-refractivity contribution >= 4 is 5.91 Å². The molecule has 2 aromatic rings. The van der Waals surface area contributed by atoms with Crippen molar-refractivity contribution in [1.82, 2.24) is 14.8 Å². The van der Waals surface area contributed by atoms with Crippen LogP contribution in [-0.4, -0.2) is 67.1 Å². The lowest BCUT2D eigenvalue weighted by Gasteiger charge is -2.27. The number of nitrogens with zero attached hydrogens (tertiary/aromatic N) is 4. The second-order valence-electron chi connectivity index (χ2n) is 7.28. The van der Waals surface area contributed by atoms with Gasteiger partial charge < -0.3 is 14.5 Å². The third-order valence-electron chi connectivity index (χ3n) is 4.89. The highest BCUT2D eigenvalue weighted by Gasteiger charge is 2.23. The molecule has 1 aliphatic rings. The van der Waals surface area contributed by atoms with Crippen molar-refractivity contribution in [3.8, 4) is 17.2 Å². The van der Waals surface area contributed by atoms with Crippen LogP contribution in [0.3, 0.4) is 0 Å². The maximum absolute atomic E-state index is 13.3. The first-order valence-electron chi connectivity index (χ1n) is 9.59. The molecule has 1 aliphatic heterocycles. The van der Waals surface area contributed by atoms with Crippen molar-refractivity contribution < 1.29 is 9.53 Å². The summed E-state index contributed by atoms with van der Waals surface area (Å²) < 4.78 is 5.75. The molecule has 1 aromatic carbocycles. The van der Waals surface area contributed by atoms with Crippen LogP contribution >= 0.6 is 0 Å².